The third kappa shape index (κ3) is 5.52. The van der Waals surface area contributed by atoms with Crippen LogP contribution in [0.3, 0.4) is 0 Å². The molecular weight excluding hydrogens is 453 g/mol. The van der Waals surface area contributed by atoms with Crippen LogP contribution in [-0.4, -0.2) is 33.1 Å². The lowest BCUT2D eigenvalue weighted by Crippen LogP contribution is -2.14. The highest BCUT2D eigenvalue weighted by atomic mass is 19.4. The first-order chi connectivity index (χ1) is 16.0. The first kappa shape index (κ1) is 24.3. The van der Waals surface area contributed by atoms with Crippen LogP contribution in [0.2, 0.25) is 0 Å². The summed E-state index contributed by atoms with van der Waals surface area (Å²) < 4.78 is 46.1. The molecule has 0 saturated heterocycles. The van der Waals surface area contributed by atoms with Gasteiger partial charge in [-0.05, 0) is 37.1 Å². The fourth-order valence-corrected chi connectivity index (χ4v) is 2.83. The molecule has 0 atom stereocenters. The van der Waals surface area contributed by atoms with E-state index in [1.807, 2.05) is 0 Å². The van der Waals surface area contributed by atoms with Crippen LogP contribution >= 0.6 is 0 Å². The van der Waals surface area contributed by atoms with Gasteiger partial charge in [0.25, 0.3) is 0 Å². The molecule has 0 aliphatic carbocycles. The quantitative estimate of drug-likeness (QED) is 0.284. The van der Waals surface area contributed by atoms with Gasteiger partial charge >= 0.3 is 6.18 Å². The van der Waals surface area contributed by atoms with Crippen molar-refractivity contribution < 1.29 is 27.8 Å². The van der Waals surface area contributed by atoms with Crippen molar-refractivity contribution in [3.63, 3.8) is 0 Å². The molecule has 1 amide bonds. The number of amides is 1. The zero-order valence-corrected chi connectivity index (χ0v) is 18.4. The summed E-state index contributed by atoms with van der Waals surface area (Å²) in [5, 5.41) is 18.0. The number of nitrogens with one attached hydrogen (secondary N) is 3. The standard InChI is InChI=1S/C22H21F3N6O3/c1-5-18(33)28-15-6-11(2)17(32)7-16(15)29-20-13(22(23,24)25)10-27-21(31-20)30-14-8-19(34-4)26-9-12(14)3/h5-10,32H,1H2,2-4H3,(H,28,33)(H2,26,27,29,30,31). The van der Waals surface area contributed by atoms with Crippen molar-refractivity contribution in [1.29, 1.82) is 0 Å². The van der Waals surface area contributed by atoms with E-state index < -0.39 is 23.5 Å². The molecule has 0 aliphatic heterocycles. The minimum atomic E-state index is -4.78. The number of aromatic nitrogens is 3. The van der Waals surface area contributed by atoms with Crippen molar-refractivity contribution in [2.24, 2.45) is 0 Å². The normalized spacial score (nSPS) is 11.0. The Morgan fingerprint density at radius 2 is 1.79 bits per heavy atom. The van der Waals surface area contributed by atoms with E-state index in [1.165, 1.54) is 25.4 Å². The Balaban J connectivity index is 2.06. The molecule has 178 valence electrons. The number of halogens is 3. The highest BCUT2D eigenvalue weighted by Crippen LogP contribution is 2.38. The van der Waals surface area contributed by atoms with E-state index in [-0.39, 0.29) is 29.0 Å². The number of carbonyl (C=O) groups excluding carboxylic acids is 1. The molecule has 4 N–H and O–H groups in total. The van der Waals surface area contributed by atoms with Crippen LogP contribution < -0.4 is 20.7 Å². The third-order valence-electron chi connectivity index (χ3n) is 4.66. The van der Waals surface area contributed by atoms with Gasteiger partial charge in [-0.25, -0.2) is 9.97 Å². The summed E-state index contributed by atoms with van der Waals surface area (Å²) in [6.45, 7) is 6.66. The number of aryl methyl sites for hydroxylation is 2. The topological polar surface area (TPSA) is 121 Å². The highest BCUT2D eigenvalue weighted by Gasteiger charge is 2.35. The Morgan fingerprint density at radius 3 is 2.44 bits per heavy atom. The van der Waals surface area contributed by atoms with Gasteiger partial charge in [-0.2, -0.15) is 18.2 Å². The molecule has 0 unspecified atom stereocenters. The van der Waals surface area contributed by atoms with E-state index in [9.17, 15) is 23.1 Å². The lowest BCUT2D eigenvalue weighted by molar-refractivity contribution is -0.137. The van der Waals surface area contributed by atoms with E-state index in [0.29, 0.717) is 23.0 Å². The summed E-state index contributed by atoms with van der Waals surface area (Å²) in [7, 11) is 1.43. The van der Waals surface area contributed by atoms with Crippen LogP contribution in [0.4, 0.5) is 42.0 Å². The Hall–Kier alpha value is -4.35. The van der Waals surface area contributed by atoms with E-state index in [2.05, 4.69) is 37.5 Å². The summed E-state index contributed by atoms with van der Waals surface area (Å²) in [6, 6.07) is 4.13. The summed E-state index contributed by atoms with van der Waals surface area (Å²) in [5.41, 5.74) is 0.504. The second kappa shape index (κ2) is 9.65. The fourth-order valence-electron chi connectivity index (χ4n) is 2.83. The zero-order chi connectivity index (χ0) is 25.0. The summed E-state index contributed by atoms with van der Waals surface area (Å²) in [4.78, 5) is 23.6. The maximum atomic E-state index is 13.7. The molecule has 0 saturated carbocycles. The van der Waals surface area contributed by atoms with Crippen LogP contribution in [0, 0.1) is 13.8 Å². The number of phenols is 1. The molecule has 12 heteroatoms. The maximum Gasteiger partial charge on any atom is 0.421 e. The number of hydrogen-bond donors (Lipinski definition) is 4. The molecule has 0 radical (unpaired) electrons. The largest absolute Gasteiger partial charge is 0.508 e. The van der Waals surface area contributed by atoms with Gasteiger partial charge in [0.05, 0.1) is 24.2 Å². The van der Waals surface area contributed by atoms with Gasteiger partial charge in [-0.3, -0.25) is 4.79 Å². The number of carbonyl (C=O) groups is 1. The van der Waals surface area contributed by atoms with Crippen molar-refractivity contribution in [2.45, 2.75) is 20.0 Å². The molecule has 0 spiro atoms. The Kier molecular flexibility index (Phi) is 6.89. The lowest BCUT2D eigenvalue weighted by atomic mass is 10.1. The van der Waals surface area contributed by atoms with Crippen molar-refractivity contribution in [1.82, 2.24) is 15.0 Å². The van der Waals surface area contributed by atoms with Crippen LogP contribution in [-0.2, 0) is 11.0 Å². The minimum Gasteiger partial charge on any atom is -0.508 e. The van der Waals surface area contributed by atoms with E-state index in [1.54, 1.807) is 19.9 Å². The molecule has 3 rings (SSSR count). The summed E-state index contributed by atoms with van der Waals surface area (Å²) in [6.07, 6.45) is -1.63. The molecule has 1 aromatic carbocycles. The molecule has 0 aliphatic rings. The second-order valence-corrected chi connectivity index (χ2v) is 7.12. The number of hydrogen-bond acceptors (Lipinski definition) is 8. The van der Waals surface area contributed by atoms with Gasteiger partial charge < -0.3 is 25.8 Å². The average Bonchev–Trinajstić information content (AvgIpc) is 2.78. The van der Waals surface area contributed by atoms with Crippen molar-refractivity contribution >= 4 is 34.7 Å². The Morgan fingerprint density at radius 1 is 1.06 bits per heavy atom. The SMILES string of the molecule is C=CC(=O)Nc1cc(C)c(O)cc1Nc1nc(Nc2cc(OC)ncc2C)ncc1C(F)(F)F. The second-order valence-electron chi connectivity index (χ2n) is 7.12. The summed E-state index contributed by atoms with van der Waals surface area (Å²) in [5.74, 6) is -1.23. The van der Waals surface area contributed by atoms with Crippen LogP contribution in [0.1, 0.15) is 16.7 Å². The highest BCUT2D eigenvalue weighted by molar-refractivity contribution is 6.01. The molecule has 34 heavy (non-hydrogen) atoms. The first-order valence-electron chi connectivity index (χ1n) is 9.77. The maximum absolute atomic E-state index is 13.7. The predicted octanol–water partition coefficient (Wildman–Crippen LogP) is 4.83. The van der Waals surface area contributed by atoms with E-state index in [4.69, 9.17) is 4.74 Å². The summed E-state index contributed by atoms with van der Waals surface area (Å²) >= 11 is 0. The zero-order valence-electron chi connectivity index (χ0n) is 18.4. The van der Waals surface area contributed by atoms with Gasteiger partial charge in [0.1, 0.15) is 17.1 Å². The number of nitrogens with zero attached hydrogens (tertiary/aromatic N) is 3. The van der Waals surface area contributed by atoms with Crippen LogP contribution in [0.5, 0.6) is 11.6 Å². The van der Waals surface area contributed by atoms with Crippen molar-refractivity contribution in [3.8, 4) is 11.6 Å². The lowest BCUT2D eigenvalue weighted by Gasteiger charge is -2.18. The van der Waals surface area contributed by atoms with Crippen molar-refractivity contribution in [2.75, 3.05) is 23.1 Å². The van der Waals surface area contributed by atoms with Gasteiger partial charge in [0.2, 0.25) is 17.7 Å². The Bertz CT molecular complexity index is 1250. The van der Waals surface area contributed by atoms with Gasteiger partial charge in [-0.15, -0.1) is 0 Å². The molecule has 3 aromatic rings. The van der Waals surface area contributed by atoms with E-state index >= 15 is 0 Å². The fraction of sp³-hybridized carbons (Fsp3) is 0.182. The number of pyridine rings is 1. The van der Waals surface area contributed by atoms with Gasteiger partial charge in [0, 0.05) is 24.5 Å². The first-order valence-corrected chi connectivity index (χ1v) is 9.77. The number of anilines is 5. The molecule has 0 fully saturated rings. The minimum absolute atomic E-state index is 0.0183. The number of rotatable bonds is 7. The van der Waals surface area contributed by atoms with Gasteiger partial charge in [0.15, 0.2) is 0 Å². The average molecular weight is 474 g/mol. The molecule has 9 nitrogen and oxygen atoms in total. The Labute approximate surface area is 192 Å². The number of ether oxygens (including phenoxy) is 1. The number of methoxy groups -OCH3 is 1. The third-order valence-corrected chi connectivity index (χ3v) is 4.66. The van der Waals surface area contributed by atoms with E-state index in [0.717, 1.165) is 6.08 Å². The molecule has 2 heterocycles. The smallest absolute Gasteiger partial charge is 0.421 e. The number of phenolic OH excluding ortho intramolecular Hbond substituents is 1. The van der Waals surface area contributed by atoms with Gasteiger partial charge in [-0.1, -0.05) is 6.58 Å². The number of benzene rings is 1. The van der Waals surface area contributed by atoms with Crippen LogP contribution in [0.15, 0.2) is 43.2 Å². The van der Waals surface area contributed by atoms with Crippen LogP contribution in [0.25, 0.3) is 0 Å². The number of aromatic hydroxyl groups is 1. The predicted molar refractivity (Wildman–Crippen MR) is 121 cm³/mol. The molecular formula is C22H21F3N6O3. The molecule has 0 bridgehead atoms. The molecule has 2 aromatic heterocycles. The number of alkyl halides is 3. The monoisotopic (exact) mass is 474 g/mol. The van der Waals surface area contributed by atoms with Crippen molar-refractivity contribution in [3.05, 3.63) is 59.9 Å².